The van der Waals surface area contributed by atoms with Gasteiger partial charge < -0.3 is 4.74 Å². The topological polar surface area (TPSA) is 43.6 Å². The van der Waals surface area contributed by atoms with Gasteiger partial charge in [-0.1, -0.05) is 37.3 Å². The number of ether oxygens (including phenoxy) is 1. The molecular formula is C18H18N2O2. The van der Waals surface area contributed by atoms with Crippen molar-refractivity contribution in [2.45, 2.75) is 19.8 Å². The summed E-state index contributed by atoms with van der Waals surface area (Å²) < 4.78 is 6.80. The molecule has 3 rings (SSSR count). The number of rotatable bonds is 4. The molecule has 0 bridgehead atoms. The van der Waals surface area contributed by atoms with Crippen molar-refractivity contribution in [1.29, 1.82) is 0 Å². The number of pyridine rings is 1. The monoisotopic (exact) mass is 294 g/mol. The predicted molar refractivity (Wildman–Crippen MR) is 85.1 cm³/mol. The number of esters is 1. The molecule has 2 aromatic heterocycles. The van der Waals surface area contributed by atoms with Crippen molar-refractivity contribution in [3.05, 3.63) is 71.7 Å². The summed E-state index contributed by atoms with van der Waals surface area (Å²) in [4.78, 5) is 16.2. The maximum Gasteiger partial charge on any atom is 0.356 e. The number of aromatic nitrogens is 2. The molecule has 4 nitrogen and oxygen atoms in total. The van der Waals surface area contributed by atoms with Gasteiger partial charge in [0.15, 0.2) is 5.69 Å². The van der Waals surface area contributed by atoms with Gasteiger partial charge in [-0.2, -0.15) is 0 Å². The van der Waals surface area contributed by atoms with Crippen molar-refractivity contribution in [2.24, 2.45) is 0 Å². The van der Waals surface area contributed by atoms with E-state index >= 15 is 0 Å². The van der Waals surface area contributed by atoms with E-state index in [2.05, 4.69) is 24.0 Å². The summed E-state index contributed by atoms with van der Waals surface area (Å²) >= 11 is 0. The van der Waals surface area contributed by atoms with Gasteiger partial charge in [0.1, 0.15) is 5.65 Å². The summed E-state index contributed by atoms with van der Waals surface area (Å²) in [5, 5.41) is 0. The van der Waals surface area contributed by atoms with Gasteiger partial charge in [-0.05, 0) is 30.2 Å². The Balaban J connectivity index is 1.96. The number of carbonyl (C=O) groups excluding carboxylic acids is 1. The molecule has 0 saturated heterocycles. The number of hydrogen-bond donors (Lipinski definition) is 0. The van der Waals surface area contributed by atoms with Gasteiger partial charge in [0.05, 0.1) is 12.8 Å². The first-order chi connectivity index (χ1) is 10.7. The molecule has 0 aliphatic carbocycles. The third kappa shape index (κ3) is 2.60. The highest BCUT2D eigenvalue weighted by atomic mass is 16.5. The summed E-state index contributed by atoms with van der Waals surface area (Å²) in [5.74, 6) is -0.0761. The Morgan fingerprint density at radius 2 is 2.00 bits per heavy atom. The van der Waals surface area contributed by atoms with Crippen molar-refractivity contribution >= 4 is 11.6 Å². The highest BCUT2D eigenvalue weighted by molar-refractivity contribution is 5.88. The van der Waals surface area contributed by atoms with E-state index in [1.54, 1.807) is 17.5 Å². The molecule has 0 amide bonds. The normalized spacial score (nSPS) is 12.3. The lowest BCUT2D eigenvalue weighted by molar-refractivity contribution is 0.0518. The van der Waals surface area contributed by atoms with E-state index in [1.165, 1.54) is 11.1 Å². The summed E-state index contributed by atoms with van der Waals surface area (Å²) in [7, 11) is 0. The molecule has 2 heterocycles. The van der Waals surface area contributed by atoms with Crippen LogP contribution in [0.3, 0.4) is 0 Å². The smallest absolute Gasteiger partial charge is 0.356 e. The minimum absolute atomic E-state index is 0.272. The van der Waals surface area contributed by atoms with Crippen LogP contribution in [0, 0.1) is 0 Å². The average Bonchev–Trinajstić information content (AvgIpc) is 2.98. The molecule has 0 aliphatic heterocycles. The van der Waals surface area contributed by atoms with Crippen LogP contribution in [0.15, 0.2) is 54.9 Å². The fourth-order valence-electron chi connectivity index (χ4n) is 2.56. The van der Waals surface area contributed by atoms with Crippen molar-refractivity contribution in [3.8, 4) is 0 Å². The lowest BCUT2D eigenvalue weighted by Crippen LogP contribution is -2.08. The van der Waals surface area contributed by atoms with Crippen LogP contribution >= 0.6 is 0 Å². The van der Waals surface area contributed by atoms with Crippen molar-refractivity contribution < 1.29 is 9.53 Å². The molecular weight excluding hydrogens is 276 g/mol. The first kappa shape index (κ1) is 14.3. The molecule has 1 unspecified atom stereocenters. The zero-order valence-corrected chi connectivity index (χ0v) is 12.7. The van der Waals surface area contributed by atoms with Gasteiger partial charge in [0.25, 0.3) is 0 Å². The van der Waals surface area contributed by atoms with E-state index in [-0.39, 0.29) is 11.9 Å². The summed E-state index contributed by atoms with van der Waals surface area (Å²) in [6.07, 6.45) is 3.44. The lowest BCUT2D eigenvalue weighted by Gasteiger charge is -2.12. The molecule has 0 radical (unpaired) electrons. The fraction of sp³-hybridized carbons (Fsp3) is 0.222. The molecule has 3 aromatic rings. The van der Waals surface area contributed by atoms with Crippen LogP contribution in [0.4, 0.5) is 0 Å². The van der Waals surface area contributed by atoms with Crippen molar-refractivity contribution in [2.75, 3.05) is 6.61 Å². The molecule has 1 aromatic carbocycles. The standard InChI is InChI=1S/C18H18N2O2/c1-3-22-18(21)16-12-19-17-11-15(9-10-20(16)17)13(2)14-7-5-4-6-8-14/h4-13H,3H2,1-2H3. The molecule has 0 N–H and O–H groups in total. The number of nitrogens with zero attached hydrogens (tertiary/aromatic N) is 2. The van der Waals surface area contributed by atoms with Crippen LogP contribution in [-0.2, 0) is 4.74 Å². The molecule has 4 heteroatoms. The fourth-order valence-corrected chi connectivity index (χ4v) is 2.56. The van der Waals surface area contributed by atoms with Crippen LogP contribution < -0.4 is 0 Å². The Morgan fingerprint density at radius 3 is 2.73 bits per heavy atom. The van der Waals surface area contributed by atoms with E-state index in [0.29, 0.717) is 12.3 Å². The Morgan fingerprint density at radius 1 is 1.23 bits per heavy atom. The minimum Gasteiger partial charge on any atom is -0.461 e. The predicted octanol–water partition coefficient (Wildman–Crippen LogP) is 3.66. The number of carbonyl (C=O) groups is 1. The van der Waals surface area contributed by atoms with Crippen LogP contribution in [-0.4, -0.2) is 22.0 Å². The first-order valence-corrected chi connectivity index (χ1v) is 7.39. The van der Waals surface area contributed by atoms with Crippen LogP contribution in [0.25, 0.3) is 5.65 Å². The van der Waals surface area contributed by atoms with Crippen LogP contribution in [0.5, 0.6) is 0 Å². The van der Waals surface area contributed by atoms with E-state index in [4.69, 9.17) is 4.74 Å². The SMILES string of the molecule is CCOC(=O)c1cnc2cc(C(C)c3ccccc3)ccn12. The Labute approximate surface area is 129 Å². The second kappa shape index (κ2) is 6.02. The number of imidazole rings is 1. The summed E-state index contributed by atoms with van der Waals surface area (Å²) in [6, 6.07) is 14.4. The van der Waals surface area contributed by atoms with Crippen LogP contribution in [0.1, 0.15) is 41.4 Å². The van der Waals surface area contributed by atoms with E-state index in [1.807, 2.05) is 36.5 Å². The van der Waals surface area contributed by atoms with Gasteiger partial charge >= 0.3 is 5.97 Å². The third-order valence-electron chi connectivity index (χ3n) is 3.82. The van der Waals surface area contributed by atoms with Crippen molar-refractivity contribution in [1.82, 2.24) is 9.38 Å². The number of hydrogen-bond acceptors (Lipinski definition) is 3. The number of benzene rings is 1. The molecule has 112 valence electrons. The second-order valence-electron chi connectivity index (χ2n) is 5.18. The molecule has 0 fully saturated rings. The second-order valence-corrected chi connectivity index (χ2v) is 5.18. The van der Waals surface area contributed by atoms with Crippen LogP contribution in [0.2, 0.25) is 0 Å². The zero-order chi connectivity index (χ0) is 15.5. The van der Waals surface area contributed by atoms with Crippen molar-refractivity contribution in [3.63, 3.8) is 0 Å². The van der Waals surface area contributed by atoms with Gasteiger partial charge in [-0.3, -0.25) is 4.40 Å². The maximum absolute atomic E-state index is 11.9. The quantitative estimate of drug-likeness (QED) is 0.690. The maximum atomic E-state index is 11.9. The largest absolute Gasteiger partial charge is 0.461 e. The number of fused-ring (bicyclic) bond motifs is 1. The highest BCUT2D eigenvalue weighted by Crippen LogP contribution is 2.25. The van der Waals surface area contributed by atoms with Gasteiger partial charge in [0.2, 0.25) is 0 Å². The van der Waals surface area contributed by atoms with Gasteiger partial charge in [-0.25, -0.2) is 9.78 Å². The Hall–Kier alpha value is -2.62. The van der Waals surface area contributed by atoms with Gasteiger partial charge in [-0.15, -0.1) is 0 Å². The molecule has 0 saturated carbocycles. The molecule has 22 heavy (non-hydrogen) atoms. The van der Waals surface area contributed by atoms with E-state index in [0.717, 1.165) is 5.65 Å². The Bertz CT molecular complexity index is 793. The van der Waals surface area contributed by atoms with E-state index < -0.39 is 0 Å². The lowest BCUT2D eigenvalue weighted by atomic mass is 9.94. The van der Waals surface area contributed by atoms with Gasteiger partial charge in [0, 0.05) is 12.1 Å². The zero-order valence-electron chi connectivity index (χ0n) is 12.7. The summed E-state index contributed by atoms with van der Waals surface area (Å²) in [6.45, 7) is 4.31. The molecule has 1 atom stereocenters. The van der Waals surface area contributed by atoms with E-state index in [9.17, 15) is 4.79 Å². The minimum atomic E-state index is -0.348. The highest BCUT2D eigenvalue weighted by Gasteiger charge is 2.15. The third-order valence-corrected chi connectivity index (χ3v) is 3.82. The first-order valence-electron chi connectivity index (χ1n) is 7.39. The Kier molecular flexibility index (Phi) is 3.92. The summed E-state index contributed by atoms with van der Waals surface area (Å²) in [5.41, 5.74) is 3.63. The average molecular weight is 294 g/mol. The molecule has 0 aliphatic rings. The molecule has 0 spiro atoms.